The lowest BCUT2D eigenvalue weighted by Crippen LogP contribution is -2.29. The number of amides is 1. The molecule has 0 bridgehead atoms. The third-order valence-corrected chi connectivity index (χ3v) is 6.91. The van der Waals surface area contributed by atoms with E-state index in [9.17, 15) is 23.4 Å². The average molecular weight is 456 g/mol. The van der Waals surface area contributed by atoms with Crippen LogP contribution in [0.2, 0.25) is 0 Å². The molecule has 31 heavy (non-hydrogen) atoms. The SMILES string of the molecule is CC#CCC(C)(C)[C@H](O)/C=C/[C@@H]1[C@H]2C[C@@H](CCCCC(=O)NS(C)(=O)=O)O[C@H]2C[C@H]1O. The van der Waals surface area contributed by atoms with Crippen LogP contribution in [0.5, 0.6) is 0 Å². The molecular weight excluding hydrogens is 418 g/mol. The zero-order chi connectivity index (χ0) is 23.2. The summed E-state index contributed by atoms with van der Waals surface area (Å²) in [6.45, 7) is 5.74. The second kappa shape index (κ2) is 11.0. The van der Waals surface area contributed by atoms with Crippen molar-refractivity contribution in [2.45, 2.75) is 90.1 Å². The molecule has 1 aliphatic carbocycles. The zero-order valence-electron chi connectivity index (χ0n) is 19.0. The van der Waals surface area contributed by atoms with Crippen molar-refractivity contribution >= 4 is 15.9 Å². The lowest BCUT2D eigenvalue weighted by atomic mass is 9.82. The van der Waals surface area contributed by atoms with Crippen molar-refractivity contribution in [1.29, 1.82) is 0 Å². The van der Waals surface area contributed by atoms with Crippen LogP contribution in [0.15, 0.2) is 12.2 Å². The topological polar surface area (TPSA) is 113 Å². The Bertz CT molecular complexity index is 810. The summed E-state index contributed by atoms with van der Waals surface area (Å²) in [7, 11) is -3.50. The number of aliphatic hydroxyl groups is 2. The lowest BCUT2D eigenvalue weighted by molar-refractivity contribution is -0.119. The van der Waals surface area contributed by atoms with Crippen LogP contribution in [-0.2, 0) is 19.6 Å². The molecule has 3 N–H and O–H groups in total. The third kappa shape index (κ3) is 7.90. The average Bonchev–Trinajstić information content (AvgIpc) is 3.16. The standard InChI is InChI=1S/C23H37NO6S/c1-5-6-13-23(2,3)21(26)12-11-17-18-14-16(30-20(18)15-19(17)25)9-7-8-10-22(27)24-31(4,28)29/h11-12,16-21,25-26H,7-10,13-15H2,1-4H3,(H,24,27)/b12-11+/t16-,17-,18-,19-,20+,21-/m1/s1. The molecule has 1 saturated heterocycles. The molecule has 7 nitrogen and oxygen atoms in total. The minimum absolute atomic E-state index is 0.0132. The van der Waals surface area contributed by atoms with Crippen molar-refractivity contribution in [3.05, 3.63) is 12.2 Å². The first kappa shape index (κ1) is 25.9. The van der Waals surface area contributed by atoms with E-state index in [0.29, 0.717) is 19.3 Å². The summed E-state index contributed by atoms with van der Waals surface area (Å²) in [5.41, 5.74) is -0.361. The quantitative estimate of drug-likeness (QED) is 0.264. The number of hydrogen-bond acceptors (Lipinski definition) is 6. The van der Waals surface area contributed by atoms with Crippen molar-refractivity contribution < 1.29 is 28.2 Å². The number of sulfonamides is 1. The van der Waals surface area contributed by atoms with Gasteiger partial charge < -0.3 is 14.9 Å². The van der Waals surface area contributed by atoms with Gasteiger partial charge in [0.2, 0.25) is 15.9 Å². The van der Waals surface area contributed by atoms with Gasteiger partial charge >= 0.3 is 0 Å². The predicted molar refractivity (Wildman–Crippen MR) is 119 cm³/mol. The number of fused-ring (bicyclic) bond motifs is 1. The number of hydrogen-bond donors (Lipinski definition) is 3. The van der Waals surface area contributed by atoms with Crippen LogP contribution in [0.25, 0.3) is 0 Å². The molecule has 2 fully saturated rings. The van der Waals surface area contributed by atoms with Crippen molar-refractivity contribution in [3.8, 4) is 11.8 Å². The smallest absolute Gasteiger partial charge is 0.233 e. The summed E-state index contributed by atoms with van der Waals surface area (Å²) >= 11 is 0. The summed E-state index contributed by atoms with van der Waals surface area (Å²) in [5.74, 6) is 5.58. The number of rotatable bonds is 10. The maximum Gasteiger partial charge on any atom is 0.233 e. The Morgan fingerprint density at radius 2 is 2.03 bits per heavy atom. The second-order valence-electron chi connectivity index (χ2n) is 9.54. The van der Waals surface area contributed by atoms with Crippen LogP contribution < -0.4 is 4.72 Å². The fraction of sp³-hybridized carbons (Fsp3) is 0.783. The molecule has 1 aliphatic heterocycles. The molecule has 0 spiro atoms. The fourth-order valence-electron chi connectivity index (χ4n) is 4.46. The van der Waals surface area contributed by atoms with Crippen LogP contribution >= 0.6 is 0 Å². The molecule has 2 rings (SSSR count). The van der Waals surface area contributed by atoms with Gasteiger partial charge in [-0.15, -0.1) is 11.8 Å². The molecule has 1 heterocycles. The largest absolute Gasteiger partial charge is 0.392 e. The molecule has 1 saturated carbocycles. The van der Waals surface area contributed by atoms with Gasteiger partial charge in [0.15, 0.2) is 0 Å². The lowest BCUT2D eigenvalue weighted by Gasteiger charge is -2.27. The van der Waals surface area contributed by atoms with Crippen molar-refractivity contribution in [2.75, 3.05) is 6.26 Å². The van der Waals surface area contributed by atoms with E-state index < -0.39 is 28.1 Å². The first-order valence-electron chi connectivity index (χ1n) is 11.0. The molecule has 0 aromatic carbocycles. The van der Waals surface area contributed by atoms with E-state index in [2.05, 4.69) is 11.8 Å². The van der Waals surface area contributed by atoms with Gasteiger partial charge in [0.05, 0.1) is 30.7 Å². The number of unbranched alkanes of at least 4 members (excludes halogenated alkanes) is 1. The highest BCUT2D eigenvalue weighted by Gasteiger charge is 2.47. The molecule has 1 amide bonds. The fourth-order valence-corrected chi connectivity index (χ4v) is 4.98. The van der Waals surface area contributed by atoms with Crippen LogP contribution in [0.4, 0.5) is 0 Å². The second-order valence-corrected chi connectivity index (χ2v) is 11.3. The van der Waals surface area contributed by atoms with Gasteiger partial charge in [0, 0.05) is 30.6 Å². The summed E-state index contributed by atoms with van der Waals surface area (Å²) in [5, 5.41) is 21.0. The normalized spacial score (nSPS) is 29.4. The Hall–Kier alpha value is -1.40. The van der Waals surface area contributed by atoms with Gasteiger partial charge in [-0.05, 0) is 32.1 Å². The van der Waals surface area contributed by atoms with Gasteiger partial charge in [-0.25, -0.2) is 8.42 Å². The summed E-state index contributed by atoms with van der Waals surface area (Å²) in [4.78, 5) is 11.6. The predicted octanol–water partition coefficient (Wildman–Crippen LogP) is 2.13. The number of carbonyl (C=O) groups is 1. The summed E-state index contributed by atoms with van der Waals surface area (Å²) in [6, 6.07) is 0. The Morgan fingerprint density at radius 1 is 1.32 bits per heavy atom. The Kier molecular flexibility index (Phi) is 9.14. The number of carbonyl (C=O) groups excluding carboxylic acids is 1. The summed E-state index contributed by atoms with van der Waals surface area (Å²) < 4.78 is 30.2. The zero-order valence-corrected chi connectivity index (χ0v) is 19.8. The van der Waals surface area contributed by atoms with Crippen LogP contribution in [0.1, 0.15) is 65.7 Å². The molecule has 8 heteroatoms. The molecule has 2 aliphatic rings. The van der Waals surface area contributed by atoms with Crippen molar-refractivity contribution in [3.63, 3.8) is 0 Å². The third-order valence-electron chi connectivity index (χ3n) is 6.31. The van der Waals surface area contributed by atoms with E-state index in [1.165, 1.54) is 0 Å². The van der Waals surface area contributed by atoms with E-state index >= 15 is 0 Å². The van der Waals surface area contributed by atoms with Crippen molar-refractivity contribution in [1.82, 2.24) is 4.72 Å². The van der Waals surface area contributed by atoms with Gasteiger partial charge in [-0.2, -0.15) is 0 Å². The van der Waals surface area contributed by atoms with E-state index in [1.54, 1.807) is 13.0 Å². The molecule has 0 unspecified atom stereocenters. The molecule has 176 valence electrons. The van der Waals surface area contributed by atoms with E-state index in [4.69, 9.17) is 4.74 Å². The number of aliphatic hydroxyl groups excluding tert-OH is 2. The van der Waals surface area contributed by atoms with Gasteiger partial charge in [0.25, 0.3) is 0 Å². The minimum atomic E-state index is -3.50. The van der Waals surface area contributed by atoms with Crippen LogP contribution in [0, 0.1) is 29.1 Å². The summed E-state index contributed by atoms with van der Waals surface area (Å²) in [6.07, 6.45) is 8.07. The molecule has 0 aromatic heterocycles. The monoisotopic (exact) mass is 455 g/mol. The first-order valence-corrected chi connectivity index (χ1v) is 12.9. The maximum absolute atomic E-state index is 11.6. The van der Waals surface area contributed by atoms with Gasteiger partial charge in [-0.3, -0.25) is 9.52 Å². The van der Waals surface area contributed by atoms with E-state index in [1.807, 2.05) is 24.6 Å². The highest BCUT2D eigenvalue weighted by atomic mass is 32.2. The van der Waals surface area contributed by atoms with E-state index in [-0.39, 0.29) is 35.9 Å². The highest BCUT2D eigenvalue weighted by molar-refractivity contribution is 7.89. The Balaban J connectivity index is 1.81. The number of ether oxygens (including phenoxy) is 1. The molecular formula is C23H37NO6S. The minimum Gasteiger partial charge on any atom is -0.392 e. The molecule has 0 radical (unpaired) electrons. The van der Waals surface area contributed by atoms with Gasteiger partial charge in [-0.1, -0.05) is 32.4 Å². The van der Waals surface area contributed by atoms with Crippen molar-refractivity contribution in [2.24, 2.45) is 17.3 Å². The van der Waals surface area contributed by atoms with Crippen LogP contribution in [-0.4, -0.2) is 55.2 Å². The Labute approximate surface area is 186 Å². The maximum atomic E-state index is 11.6. The Morgan fingerprint density at radius 3 is 2.68 bits per heavy atom. The van der Waals surface area contributed by atoms with Gasteiger partial charge in [0.1, 0.15) is 0 Å². The number of nitrogens with one attached hydrogen (secondary N) is 1. The molecule has 0 aromatic rings. The highest BCUT2D eigenvalue weighted by Crippen LogP contribution is 2.45. The van der Waals surface area contributed by atoms with Crippen LogP contribution in [0.3, 0.4) is 0 Å². The molecule has 6 atom stereocenters. The first-order chi connectivity index (χ1) is 14.4. The van der Waals surface area contributed by atoms with E-state index in [0.717, 1.165) is 25.5 Å².